The fourth-order valence-electron chi connectivity index (χ4n) is 4.98. The summed E-state index contributed by atoms with van der Waals surface area (Å²) in [7, 11) is 0. The number of imidazole rings is 1. The van der Waals surface area contributed by atoms with E-state index in [-0.39, 0.29) is 0 Å². The smallest absolute Gasteiger partial charge is 0.213 e. The highest BCUT2D eigenvalue weighted by Crippen LogP contribution is 2.29. The molecule has 3 aromatic heterocycles. The Morgan fingerprint density at radius 1 is 0.946 bits per heavy atom. The second-order valence-corrected chi connectivity index (χ2v) is 11.7. The lowest BCUT2D eigenvalue weighted by atomic mass is 9.93. The quantitative estimate of drug-likeness (QED) is 0.185. The third kappa shape index (κ3) is 5.86. The highest BCUT2D eigenvalue weighted by atomic mass is 127. The Morgan fingerprint density at radius 2 is 1.81 bits per heavy atom. The molecule has 6 nitrogen and oxygen atoms in total. The SMILES string of the molecule is Ic1ccc2nc(CN3CCC(c4cccc(OCc5ccccc5)n4)CC3)n(Cc3cncs3)c2c1. The minimum Gasteiger partial charge on any atom is -0.473 e. The molecule has 8 heteroatoms. The minimum atomic E-state index is 0.453. The molecule has 1 fully saturated rings. The van der Waals surface area contributed by atoms with Crippen molar-refractivity contribution in [1.82, 2.24) is 24.4 Å². The van der Waals surface area contributed by atoms with Crippen molar-refractivity contribution in [3.05, 3.63) is 104 Å². The summed E-state index contributed by atoms with van der Waals surface area (Å²) in [5, 5.41) is 0. The molecule has 2 aromatic carbocycles. The predicted octanol–water partition coefficient (Wildman–Crippen LogP) is 6.50. The zero-order valence-electron chi connectivity index (χ0n) is 20.5. The van der Waals surface area contributed by atoms with Gasteiger partial charge in [0.15, 0.2) is 0 Å². The van der Waals surface area contributed by atoms with Gasteiger partial charge in [-0.25, -0.2) is 9.97 Å². The monoisotopic (exact) mass is 621 g/mol. The molecule has 0 saturated carbocycles. The minimum absolute atomic E-state index is 0.453. The Labute approximate surface area is 234 Å². The van der Waals surface area contributed by atoms with Gasteiger partial charge in [-0.1, -0.05) is 36.4 Å². The highest BCUT2D eigenvalue weighted by Gasteiger charge is 2.24. The molecule has 1 aliphatic rings. The number of piperidine rings is 1. The van der Waals surface area contributed by atoms with Crippen molar-refractivity contribution in [3.8, 4) is 5.88 Å². The number of pyridine rings is 1. The van der Waals surface area contributed by atoms with Crippen LogP contribution in [0, 0.1) is 3.57 Å². The van der Waals surface area contributed by atoms with E-state index in [4.69, 9.17) is 14.7 Å². The highest BCUT2D eigenvalue weighted by molar-refractivity contribution is 14.1. The normalized spacial score (nSPS) is 14.8. The van der Waals surface area contributed by atoms with Crippen LogP contribution in [0.5, 0.6) is 5.88 Å². The number of hydrogen-bond donors (Lipinski definition) is 0. The fourth-order valence-corrected chi connectivity index (χ4v) is 6.03. The zero-order valence-corrected chi connectivity index (χ0v) is 23.4. The summed E-state index contributed by atoms with van der Waals surface area (Å²) >= 11 is 4.08. The van der Waals surface area contributed by atoms with E-state index in [0.717, 1.165) is 61.6 Å². The summed E-state index contributed by atoms with van der Waals surface area (Å²) in [6, 6.07) is 22.9. The molecule has 0 bridgehead atoms. The molecule has 0 amide bonds. The van der Waals surface area contributed by atoms with Gasteiger partial charge < -0.3 is 9.30 Å². The van der Waals surface area contributed by atoms with E-state index in [1.54, 1.807) is 11.3 Å². The van der Waals surface area contributed by atoms with E-state index in [0.29, 0.717) is 18.4 Å². The van der Waals surface area contributed by atoms with E-state index < -0.39 is 0 Å². The molecule has 1 saturated heterocycles. The number of ether oxygens (including phenoxy) is 1. The average Bonchev–Trinajstić information content (AvgIpc) is 3.57. The molecule has 188 valence electrons. The summed E-state index contributed by atoms with van der Waals surface area (Å²) in [4.78, 5) is 17.9. The van der Waals surface area contributed by atoms with E-state index in [1.165, 1.54) is 14.0 Å². The Morgan fingerprint density at radius 3 is 2.62 bits per heavy atom. The van der Waals surface area contributed by atoms with Gasteiger partial charge in [0, 0.05) is 32.3 Å². The Bertz CT molecular complexity index is 1460. The summed E-state index contributed by atoms with van der Waals surface area (Å²) in [5.74, 6) is 2.28. The van der Waals surface area contributed by atoms with Gasteiger partial charge in [0.1, 0.15) is 12.4 Å². The number of halogens is 1. The third-order valence-electron chi connectivity index (χ3n) is 6.93. The van der Waals surface area contributed by atoms with E-state index in [2.05, 4.69) is 79.5 Å². The zero-order chi connectivity index (χ0) is 25.0. The van der Waals surface area contributed by atoms with Gasteiger partial charge in [0.25, 0.3) is 0 Å². The standard InChI is InChI=1S/C29H28IN5OS/c30-23-9-10-26-27(15-23)35(17-24-16-31-20-37-24)28(32-26)18-34-13-11-22(12-14-34)25-7-4-8-29(33-25)36-19-21-5-2-1-3-6-21/h1-10,15-16,20,22H,11-14,17-19H2. The molecular weight excluding hydrogens is 593 g/mol. The lowest BCUT2D eigenvalue weighted by molar-refractivity contribution is 0.196. The second-order valence-electron chi connectivity index (χ2n) is 9.44. The summed E-state index contributed by atoms with van der Waals surface area (Å²) in [6.07, 6.45) is 4.13. The summed E-state index contributed by atoms with van der Waals surface area (Å²) < 4.78 is 9.57. The van der Waals surface area contributed by atoms with Crippen LogP contribution in [0.2, 0.25) is 0 Å². The first kappa shape index (κ1) is 24.5. The molecule has 6 rings (SSSR count). The lowest BCUT2D eigenvalue weighted by Crippen LogP contribution is -2.33. The van der Waals surface area contributed by atoms with Crippen molar-refractivity contribution in [2.75, 3.05) is 13.1 Å². The number of benzene rings is 2. The van der Waals surface area contributed by atoms with Gasteiger partial charge >= 0.3 is 0 Å². The molecule has 4 heterocycles. The van der Waals surface area contributed by atoms with Crippen LogP contribution in [-0.2, 0) is 19.7 Å². The molecule has 5 aromatic rings. The van der Waals surface area contributed by atoms with Gasteiger partial charge in [-0.05, 0) is 78.4 Å². The number of nitrogens with zero attached hydrogens (tertiary/aromatic N) is 5. The van der Waals surface area contributed by atoms with Crippen molar-refractivity contribution in [3.63, 3.8) is 0 Å². The summed E-state index contributed by atoms with van der Waals surface area (Å²) in [5.41, 5.74) is 6.45. The molecule has 37 heavy (non-hydrogen) atoms. The first-order valence-electron chi connectivity index (χ1n) is 12.6. The topological polar surface area (TPSA) is 56.1 Å². The molecule has 0 spiro atoms. The largest absolute Gasteiger partial charge is 0.473 e. The van der Waals surface area contributed by atoms with Crippen molar-refractivity contribution < 1.29 is 4.74 Å². The molecule has 0 atom stereocenters. The van der Waals surface area contributed by atoms with E-state index in [9.17, 15) is 0 Å². The van der Waals surface area contributed by atoms with Crippen molar-refractivity contribution in [2.24, 2.45) is 0 Å². The van der Waals surface area contributed by atoms with Gasteiger partial charge in [-0.2, -0.15) is 0 Å². The third-order valence-corrected chi connectivity index (χ3v) is 8.37. The molecule has 1 aliphatic heterocycles. The molecule has 0 N–H and O–H groups in total. The maximum atomic E-state index is 5.98. The number of thiazole rings is 1. The molecule has 0 aliphatic carbocycles. The van der Waals surface area contributed by atoms with Gasteiger partial charge in [-0.3, -0.25) is 9.88 Å². The Kier molecular flexibility index (Phi) is 7.48. The van der Waals surface area contributed by atoms with E-state index in [1.807, 2.05) is 36.0 Å². The van der Waals surface area contributed by atoms with Crippen LogP contribution in [0.25, 0.3) is 11.0 Å². The number of fused-ring (bicyclic) bond motifs is 1. The van der Waals surface area contributed by atoms with Crippen molar-refractivity contribution >= 4 is 45.0 Å². The van der Waals surface area contributed by atoms with Crippen LogP contribution < -0.4 is 4.74 Å². The number of aromatic nitrogens is 4. The molecule has 0 unspecified atom stereocenters. The average molecular weight is 622 g/mol. The van der Waals surface area contributed by atoms with Crippen LogP contribution in [0.1, 0.15) is 40.7 Å². The van der Waals surface area contributed by atoms with Gasteiger partial charge in [-0.15, -0.1) is 11.3 Å². The van der Waals surface area contributed by atoms with Crippen LogP contribution in [-0.4, -0.2) is 37.5 Å². The number of likely N-dealkylation sites (tertiary alicyclic amines) is 1. The summed E-state index contributed by atoms with van der Waals surface area (Å²) in [6.45, 7) is 4.26. The number of rotatable bonds is 8. The first-order chi connectivity index (χ1) is 18.2. The van der Waals surface area contributed by atoms with Crippen molar-refractivity contribution in [1.29, 1.82) is 0 Å². The van der Waals surface area contributed by atoms with Gasteiger partial charge in [0.2, 0.25) is 5.88 Å². The Hall–Kier alpha value is -2.82. The maximum absolute atomic E-state index is 5.98. The second kappa shape index (κ2) is 11.3. The van der Waals surface area contributed by atoms with Crippen LogP contribution in [0.3, 0.4) is 0 Å². The maximum Gasteiger partial charge on any atom is 0.213 e. The molecule has 0 radical (unpaired) electrons. The number of hydrogen-bond acceptors (Lipinski definition) is 6. The first-order valence-corrected chi connectivity index (χ1v) is 14.6. The van der Waals surface area contributed by atoms with Crippen LogP contribution >= 0.6 is 33.9 Å². The predicted molar refractivity (Wildman–Crippen MR) is 156 cm³/mol. The van der Waals surface area contributed by atoms with Crippen molar-refractivity contribution in [2.45, 2.75) is 38.5 Å². The van der Waals surface area contributed by atoms with Gasteiger partial charge in [0.05, 0.1) is 29.6 Å². The Balaban J connectivity index is 1.12. The fraction of sp³-hybridized carbons (Fsp3) is 0.276. The van der Waals surface area contributed by atoms with Crippen LogP contribution in [0.4, 0.5) is 0 Å². The van der Waals surface area contributed by atoms with E-state index >= 15 is 0 Å². The lowest BCUT2D eigenvalue weighted by Gasteiger charge is -2.31. The van der Waals surface area contributed by atoms with Crippen LogP contribution in [0.15, 0.2) is 78.4 Å². The molecular formula is C29H28IN5OS.